The molecule has 0 atom stereocenters. The fourth-order valence-corrected chi connectivity index (χ4v) is 8.11. The second kappa shape index (κ2) is 3.88. The van der Waals surface area contributed by atoms with Gasteiger partial charge in [-0.25, -0.2) is 0 Å². The van der Waals surface area contributed by atoms with Crippen LogP contribution in [0.3, 0.4) is 0 Å². The second-order valence-electron chi connectivity index (χ2n) is 2.47. The fraction of sp³-hybridized carbons (Fsp3) is 1.00. The summed E-state index contributed by atoms with van der Waals surface area (Å²) < 4.78 is 3.44. The summed E-state index contributed by atoms with van der Waals surface area (Å²) in [6, 6.07) is 0. The number of rotatable bonds is 0. The van der Waals surface area contributed by atoms with E-state index in [4.69, 9.17) is 0 Å². The van der Waals surface area contributed by atoms with Crippen molar-refractivity contribution in [3.63, 3.8) is 0 Å². The van der Waals surface area contributed by atoms with Gasteiger partial charge in [-0.1, -0.05) is 0 Å². The van der Waals surface area contributed by atoms with Crippen molar-refractivity contribution in [1.82, 2.24) is 0 Å². The molecule has 0 spiro atoms. The van der Waals surface area contributed by atoms with E-state index in [1.54, 1.807) is 33.5 Å². The molecule has 38 valence electrons. The Balaban J connectivity index is 2.04. The van der Waals surface area contributed by atoms with Crippen LogP contribution in [0, 0.1) is 0 Å². The molecule has 0 nitrogen and oxygen atoms in total. The molecular weight excluding hydrogens is 273 g/mol. The molecule has 1 heteroatoms. The maximum atomic E-state index is 1.72. The van der Waals surface area contributed by atoms with Crippen molar-refractivity contribution in [2.24, 2.45) is 0 Å². The Morgan fingerprint density at radius 2 is 1.29 bits per heavy atom. The van der Waals surface area contributed by atoms with Crippen LogP contribution in [0.15, 0.2) is 0 Å². The van der Waals surface area contributed by atoms with Crippen LogP contribution in [0.2, 0.25) is 7.86 Å². The Kier molecular flexibility index (Phi) is 3.36. The standard InChI is InChI=1S/C6H12.Hg/c1-3-5-6-4-2;/h1-6H2;. The first-order chi connectivity index (χ1) is 3.50. The first-order valence-corrected chi connectivity index (χ1v) is 11.3. The van der Waals surface area contributed by atoms with Crippen LogP contribution in [0.1, 0.15) is 25.7 Å². The van der Waals surface area contributed by atoms with Crippen LogP contribution in [0.5, 0.6) is 0 Å². The minimum atomic E-state index is -0.142. The third kappa shape index (κ3) is 2.68. The van der Waals surface area contributed by atoms with Gasteiger partial charge in [-0.3, -0.25) is 0 Å². The van der Waals surface area contributed by atoms with E-state index in [1.165, 1.54) is 0 Å². The normalized spacial score (nSPS) is 21.7. The Hall–Kier alpha value is 0.935. The molecule has 0 saturated carbocycles. The van der Waals surface area contributed by atoms with Gasteiger partial charge in [0.1, 0.15) is 0 Å². The molecule has 0 amide bonds. The van der Waals surface area contributed by atoms with E-state index in [0.29, 0.717) is 0 Å². The van der Waals surface area contributed by atoms with Gasteiger partial charge in [0, 0.05) is 0 Å². The molecule has 0 aliphatic carbocycles. The predicted molar refractivity (Wildman–Crippen MR) is 28.1 cm³/mol. The topological polar surface area (TPSA) is 0 Å². The fourth-order valence-electron chi connectivity index (χ4n) is 1.24. The van der Waals surface area contributed by atoms with Gasteiger partial charge in [-0.15, -0.1) is 0 Å². The predicted octanol–water partition coefficient (Wildman–Crippen LogP) is 2.48. The number of hydrogen-bond donors (Lipinski definition) is 0. The van der Waals surface area contributed by atoms with Crippen LogP contribution in [-0.4, -0.2) is 0 Å². The molecule has 0 aromatic heterocycles. The molecule has 0 bridgehead atoms. The maximum absolute atomic E-state index is 1.72. The van der Waals surface area contributed by atoms with Gasteiger partial charge in [-0.2, -0.15) is 0 Å². The van der Waals surface area contributed by atoms with Crippen molar-refractivity contribution >= 4 is 0 Å². The summed E-state index contributed by atoms with van der Waals surface area (Å²) in [5.41, 5.74) is 0. The third-order valence-corrected chi connectivity index (χ3v) is 9.52. The Morgan fingerprint density at radius 1 is 0.714 bits per heavy atom. The molecule has 1 saturated heterocycles. The summed E-state index contributed by atoms with van der Waals surface area (Å²) in [5.74, 6) is 0. The van der Waals surface area contributed by atoms with Gasteiger partial charge < -0.3 is 0 Å². The molecular formula is C6H12Hg. The quantitative estimate of drug-likeness (QED) is 0.600. The summed E-state index contributed by atoms with van der Waals surface area (Å²) in [5, 5.41) is 0. The summed E-state index contributed by atoms with van der Waals surface area (Å²) in [7, 11) is 0. The molecule has 1 heterocycles. The molecule has 1 aliphatic heterocycles. The van der Waals surface area contributed by atoms with E-state index >= 15 is 0 Å². The molecule has 0 aromatic carbocycles. The zero-order valence-corrected chi connectivity index (χ0v) is 10.4. The van der Waals surface area contributed by atoms with Crippen LogP contribution < -0.4 is 0 Å². The summed E-state index contributed by atoms with van der Waals surface area (Å²) >= 11 is -0.142. The molecule has 7 heavy (non-hydrogen) atoms. The van der Waals surface area contributed by atoms with E-state index in [2.05, 4.69) is 0 Å². The van der Waals surface area contributed by atoms with E-state index in [1.807, 2.05) is 0 Å². The Labute approximate surface area is 58.1 Å². The molecule has 0 unspecified atom stereocenters. The Morgan fingerprint density at radius 3 is 1.86 bits per heavy atom. The van der Waals surface area contributed by atoms with Crippen molar-refractivity contribution in [1.29, 1.82) is 0 Å². The van der Waals surface area contributed by atoms with Gasteiger partial charge in [0.05, 0.1) is 0 Å². The average Bonchev–Trinajstić information content (AvgIpc) is 1.90. The average molecular weight is 285 g/mol. The summed E-state index contributed by atoms with van der Waals surface area (Å²) in [4.78, 5) is 0. The van der Waals surface area contributed by atoms with E-state index in [0.717, 1.165) is 0 Å². The van der Waals surface area contributed by atoms with Gasteiger partial charge in [-0.05, 0) is 0 Å². The first-order valence-electron chi connectivity index (χ1n) is 3.50. The van der Waals surface area contributed by atoms with Gasteiger partial charge in [0.2, 0.25) is 0 Å². The van der Waals surface area contributed by atoms with Crippen LogP contribution in [-0.2, 0) is 24.6 Å². The first kappa shape index (κ1) is 6.06. The van der Waals surface area contributed by atoms with Crippen LogP contribution in [0.4, 0.5) is 0 Å². The minimum absolute atomic E-state index is 0.142. The van der Waals surface area contributed by atoms with E-state index in [9.17, 15) is 0 Å². The van der Waals surface area contributed by atoms with Crippen molar-refractivity contribution in [3.8, 4) is 0 Å². The van der Waals surface area contributed by atoms with Crippen molar-refractivity contribution < 1.29 is 24.6 Å². The van der Waals surface area contributed by atoms with Crippen molar-refractivity contribution in [2.75, 3.05) is 0 Å². The molecule has 0 radical (unpaired) electrons. The van der Waals surface area contributed by atoms with Crippen LogP contribution >= 0.6 is 0 Å². The zero-order chi connectivity index (χ0) is 4.95. The van der Waals surface area contributed by atoms with Gasteiger partial charge >= 0.3 is 58.1 Å². The molecule has 0 aromatic rings. The zero-order valence-electron chi connectivity index (χ0n) is 4.95. The van der Waals surface area contributed by atoms with Gasteiger partial charge in [0.15, 0.2) is 0 Å². The van der Waals surface area contributed by atoms with E-state index in [-0.39, 0.29) is 24.6 Å². The monoisotopic (exact) mass is 286 g/mol. The van der Waals surface area contributed by atoms with Crippen molar-refractivity contribution in [3.05, 3.63) is 0 Å². The van der Waals surface area contributed by atoms with E-state index < -0.39 is 0 Å². The third-order valence-electron chi connectivity index (χ3n) is 1.75. The molecule has 0 N–H and O–H groups in total. The molecule has 1 fully saturated rings. The number of hydrogen-bond acceptors (Lipinski definition) is 0. The molecule has 1 rings (SSSR count). The SMILES string of the molecule is C1CC[CH2][Hg][CH2]C1. The van der Waals surface area contributed by atoms with Gasteiger partial charge in [0.25, 0.3) is 0 Å². The molecule has 1 aliphatic rings. The van der Waals surface area contributed by atoms with Crippen LogP contribution in [0.25, 0.3) is 0 Å². The summed E-state index contributed by atoms with van der Waals surface area (Å²) in [6.45, 7) is 0. The summed E-state index contributed by atoms with van der Waals surface area (Å²) in [6.07, 6.45) is 6.31. The second-order valence-corrected chi connectivity index (χ2v) is 10.7. The Bertz CT molecular complexity index is 23.8. The van der Waals surface area contributed by atoms with Crippen molar-refractivity contribution in [2.45, 2.75) is 33.5 Å².